The molecule has 0 saturated carbocycles. The number of fused-ring (bicyclic) bond motifs is 1. The highest BCUT2D eigenvalue weighted by molar-refractivity contribution is 6.30. The van der Waals surface area contributed by atoms with Crippen LogP contribution in [-0.2, 0) is 17.8 Å². The van der Waals surface area contributed by atoms with Crippen molar-refractivity contribution in [1.82, 2.24) is 10.2 Å². The minimum Gasteiger partial charge on any atom is -0.451 e. The van der Waals surface area contributed by atoms with Gasteiger partial charge in [0.05, 0.1) is 11.4 Å². The molecule has 0 bridgehead atoms. The number of rotatable bonds is 9. The van der Waals surface area contributed by atoms with E-state index in [4.69, 9.17) is 16.0 Å². The lowest BCUT2D eigenvalue weighted by Gasteiger charge is -2.34. The van der Waals surface area contributed by atoms with Gasteiger partial charge in [-0.15, -0.1) is 0 Å². The Hall–Kier alpha value is -4.36. The lowest BCUT2D eigenvalue weighted by atomic mass is 9.97. The van der Waals surface area contributed by atoms with Gasteiger partial charge in [-0.3, -0.25) is 14.4 Å². The topological polar surface area (TPSA) is 82.9 Å². The van der Waals surface area contributed by atoms with Crippen molar-refractivity contribution in [2.24, 2.45) is 0 Å². The van der Waals surface area contributed by atoms with Crippen LogP contribution in [0.1, 0.15) is 79.1 Å². The quantitative estimate of drug-likeness (QED) is 0.188. The minimum atomic E-state index is -0.425. The maximum atomic E-state index is 13.5. The molecule has 2 amide bonds. The summed E-state index contributed by atoms with van der Waals surface area (Å²) in [6.07, 6.45) is 7.12. The Labute approximate surface area is 281 Å². The summed E-state index contributed by atoms with van der Waals surface area (Å²) in [5, 5.41) is 4.27. The summed E-state index contributed by atoms with van der Waals surface area (Å²) in [6.45, 7) is 7.30. The molecule has 2 aliphatic rings. The van der Waals surface area contributed by atoms with Crippen LogP contribution in [0.3, 0.4) is 0 Å². The number of carbonyl (C=O) groups excluding carboxylic acids is 2. The minimum absolute atomic E-state index is 0.00193. The van der Waals surface area contributed by atoms with Crippen LogP contribution in [0, 0.1) is 0 Å². The van der Waals surface area contributed by atoms with Crippen LogP contribution < -0.4 is 15.6 Å². The molecule has 1 atom stereocenters. The van der Waals surface area contributed by atoms with E-state index in [-0.39, 0.29) is 29.1 Å². The largest absolute Gasteiger partial charge is 0.451 e. The first kappa shape index (κ1) is 32.6. The van der Waals surface area contributed by atoms with Crippen LogP contribution in [0.2, 0.25) is 5.02 Å². The van der Waals surface area contributed by atoms with Crippen molar-refractivity contribution >= 4 is 40.1 Å². The molecule has 7 nitrogen and oxygen atoms in total. The van der Waals surface area contributed by atoms with Gasteiger partial charge in [0.15, 0.2) is 11.2 Å². The number of halogens is 1. The van der Waals surface area contributed by atoms with E-state index >= 15 is 0 Å². The number of hydrogen-bond acceptors (Lipinski definition) is 5. The van der Waals surface area contributed by atoms with Gasteiger partial charge < -0.3 is 19.5 Å². The molecule has 0 unspecified atom stereocenters. The molecule has 1 aromatic heterocycles. The van der Waals surface area contributed by atoms with E-state index in [1.807, 2.05) is 47.4 Å². The number of piperidine rings is 2. The molecule has 244 valence electrons. The molecular weight excluding hydrogens is 610 g/mol. The second kappa shape index (κ2) is 14.6. The van der Waals surface area contributed by atoms with Crippen LogP contribution >= 0.6 is 11.6 Å². The normalized spacial score (nSPS) is 16.1. The van der Waals surface area contributed by atoms with Gasteiger partial charge in [0.1, 0.15) is 5.58 Å². The van der Waals surface area contributed by atoms with Gasteiger partial charge in [-0.05, 0) is 85.0 Å². The summed E-state index contributed by atoms with van der Waals surface area (Å²) in [7, 11) is 0. The number of anilines is 1. The lowest BCUT2D eigenvalue weighted by Crippen LogP contribution is -2.37. The van der Waals surface area contributed by atoms with Gasteiger partial charge in [0.25, 0.3) is 5.91 Å². The number of benzene rings is 3. The van der Waals surface area contributed by atoms with E-state index < -0.39 is 5.91 Å². The zero-order chi connectivity index (χ0) is 32.9. The molecule has 6 rings (SSSR count). The maximum Gasteiger partial charge on any atom is 0.287 e. The number of likely N-dealkylation sites (tertiary alicyclic amines) is 1. The lowest BCUT2D eigenvalue weighted by molar-refractivity contribution is -0.133. The summed E-state index contributed by atoms with van der Waals surface area (Å²) in [5.74, 6) is 0.0893. The van der Waals surface area contributed by atoms with Crippen molar-refractivity contribution in [3.63, 3.8) is 0 Å². The van der Waals surface area contributed by atoms with Crippen molar-refractivity contribution in [2.75, 3.05) is 24.5 Å². The molecule has 0 radical (unpaired) electrons. The molecule has 0 aliphatic carbocycles. The number of amides is 2. The summed E-state index contributed by atoms with van der Waals surface area (Å²) in [4.78, 5) is 43.5. The SMILES string of the molecule is CC(C)c1ccc2oc(C(=O)N[C@H](C=C3CCN(c4ccccc4CN4CCCCC4=O)CC3)Cc3ccc(Cl)cc3)cc(=O)c2c1. The first-order valence-corrected chi connectivity index (χ1v) is 17.0. The first-order valence-electron chi connectivity index (χ1n) is 16.7. The van der Waals surface area contributed by atoms with Gasteiger partial charge >= 0.3 is 0 Å². The van der Waals surface area contributed by atoms with Crippen molar-refractivity contribution in [3.05, 3.63) is 122 Å². The Morgan fingerprint density at radius 2 is 1.70 bits per heavy atom. The van der Waals surface area contributed by atoms with E-state index in [0.29, 0.717) is 35.4 Å². The molecule has 8 heteroatoms. The highest BCUT2D eigenvalue weighted by atomic mass is 35.5. The molecule has 2 aliphatic heterocycles. The number of carbonyl (C=O) groups is 2. The maximum absolute atomic E-state index is 13.5. The second-order valence-corrected chi connectivity index (χ2v) is 13.4. The molecule has 1 N–H and O–H groups in total. The Kier molecular flexibility index (Phi) is 10.1. The van der Waals surface area contributed by atoms with Crippen LogP contribution in [0.4, 0.5) is 5.69 Å². The van der Waals surface area contributed by atoms with Crippen LogP contribution in [0.25, 0.3) is 11.0 Å². The summed E-state index contributed by atoms with van der Waals surface area (Å²) in [6, 6.07) is 22.6. The Morgan fingerprint density at radius 3 is 2.45 bits per heavy atom. The highest BCUT2D eigenvalue weighted by Gasteiger charge is 2.23. The fourth-order valence-electron chi connectivity index (χ4n) is 6.58. The standard InChI is InChI=1S/C39H42ClN3O4/c1-26(2)29-12-15-36-33(23-29)35(44)24-37(47-36)39(46)41-32(21-27-10-13-31(40)14-11-27)22-28-16-19-42(20-17-28)34-8-4-3-7-30(34)25-43-18-6-5-9-38(43)45/h3-4,7-8,10-15,22-24,26,32H,5-6,9,16-21,25H2,1-2H3,(H,41,46)/t32-/m0/s1. The highest BCUT2D eigenvalue weighted by Crippen LogP contribution is 2.29. The fraction of sp³-hybridized carbons (Fsp3) is 0.359. The molecule has 3 heterocycles. The second-order valence-electron chi connectivity index (χ2n) is 13.0. The van der Waals surface area contributed by atoms with Crippen LogP contribution in [0.15, 0.2) is 93.7 Å². The third kappa shape index (κ3) is 7.96. The average molecular weight is 652 g/mol. The summed E-state index contributed by atoms with van der Waals surface area (Å²) < 4.78 is 5.95. The number of para-hydroxylation sites is 1. The smallest absolute Gasteiger partial charge is 0.287 e. The molecule has 3 aromatic carbocycles. The Balaban J connectivity index is 1.19. The summed E-state index contributed by atoms with van der Waals surface area (Å²) in [5.41, 5.74) is 5.88. The predicted molar refractivity (Wildman–Crippen MR) is 188 cm³/mol. The van der Waals surface area contributed by atoms with Crippen molar-refractivity contribution in [3.8, 4) is 0 Å². The first-order chi connectivity index (χ1) is 22.7. The molecular formula is C39H42ClN3O4. The molecule has 47 heavy (non-hydrogen) atoms. The van der Waals surface area contributed by atoms with Crippen LogP contribution in [-0.4, -0.2) is 42.4 Å². The third-order valence-electron chi connectivity index (χ3n) is 9.28. The van der Waals surface area contributed by atoms with Crippen molar-refractivity contribution in [1.29, 1.82) is 0 Å². The van der Waals surface area contributed by atoms with E-state index in [9.17, 15) is 14.4 Å². The van der Waals surface area contributed by atoms with Crippen molar-refractivity contribution in [2.45, 2.75) is 70.9 Å². The monoisotopic (exact) mass is 651 g/mol. The number of nitrogens with zero attached hydrogens (tertiary/aromatic N) is 2. The Bertz CT molecular complexity index is 1840. The fourth-order valence-corrected chi connectivity index (χ4v) is 6.71. The van der Waals surface area contributed by atoms with Gasteiger partial charge in [0.2, 0.25) is 5.91 Å². The third-order valence-corrected chi connectivity index (χ3v) is 9.54. The van der Waals surface area contributed by atoms with E-state index in [0.717, 1.165) is 56.4 Å². The van der Waals surface area contributed by atoms with Gasteiger partial charge in [-0.2, -0.15) is 0 Å². The van der Waals surface area contributed by atoms with Crippen LogP contribution in [0.5, 0.6) is 0 Å². The molecule has 4 aromatic rings. The molecule has 0 spiro atoms. The molecule has 2 fully saturated rings. The number of nitrogens with one attached hydrogen (secondary N) is 1. The average Bonchev–Trinajstić information content (AvgIpc) is 3.07. The van der Waals surface area contributed by atoms with Gasteiger partial charge in [-0.1, -0.05) is 73.5 Å². The van der Waals surface area contributed by atoms with E-state index in [1.54, 1.807) is 6.07 Å². The zero-order valence-corrected chi connectivity index (χ0v) is 27.9. The predicted octanol–water partition coefficient (Wildman–Crippen LogP) is 7.65. The van der Waals surface area contributed by atoms with E-state index in [2.05, 4.69) is 48.3 Å². The zero-order valence-electron chi connectivity index (χ0n) is 27.1. The molecule has 2 saturated heterocycles. The number of hydrogen-bond donors (Lipinski definition) is 1. The van der Waals surface area contributed by atoms with Gasteiger partial charge in [-0.25, -0.2) is 0 Å². The van der Waals surface area contributed by atoms with Gasteiger partial charge in [0, 0.05) is 49.4 Å². The summed E-state index contributed by atoms with van der Waals surface area (Å²) >= 11 is 6.15. The van der Waals surface area contributed by atoms with Crippen molar-refractivity contribution < 1.29 is 14.0 Å². The van der Waals surface area contributed by atoms with E-state index in [1.165, 1.54) is 22.9 Å². The Morgan fingerprint density at radius 1 is 0.936 bits per heavy atom.